The third-order valence-electron chi connectivity index (χ3n) is 4.73. The lowest BCUT2D eigenvalue weighted by molar-refractivity contribution is 0.170. The van der Waals surface area contributed by atoms with Gasteiger partial charge in [0, 0.05) is 38.3 Å². The number of rotatable bonds is 5. The molecule has 2 rings (SSSR count). The van der Waals surface area contributed by atoms with Gasteiger partial charge in [0.2, 0.25) is 0 Å². The molecule has 0 aromatic carbocycles. The fourth-order valence-corrected chi connectivity index (χ4v) is 5.35. The van der Waals surface area contributed by atoms with Crippen molar-refractivity contribution in [3.63, 3.8) is 0 Å². The lowest BCUT2D eigenvalue weighted by Crippen LogP contribution is -2.56. The third-order valence-corrected chi connectivity index (χ3v) is 6.78. The maximum absolute atomic E-state index is 13.0. The van der Waals surface area contributed by atoms with Crippen LogP contribution in [0.15, 0.2) is 0 Å². The Kier molecular flexibility index (Phi) is 6.02. The number of hydrogen-bond acceptors (Lipinski definition) is 4. The maximum Gasteiger partial charge on any atom is 0.282 e. The van der Waals surface area contributed by atoms with Crippen molar-refractivity contribution in [3.8, 4) is 0 Å². The second-order valence-corrected chi connectivity index (χ2v) is 8.32. The van der Waals surface area contributed by atoms with Gasteiger partial charge in [0.05, 0.1) is 0 Å². The first-order valence-electron chi connectivity index (χ1n) is 8.04. The molecule has 2 fully saturated rings. The van der Waals surface area contributed by atoms with Crippen LogP contribution in [-0.4, -0.2) is 81.3 Å². The van der Waals surface area contributed by atoms with E-state index in [0.29, 0.717) is 25.7 Å². The molecule has 0 aromatic heterocycles. The minimum atomic E-state index is -3.32. The summed E-state index contributed by atoms with van der Waals surface area (Å²) < 4.78 is 29.4. The van der Waals surface area contributed by atoms with Crippen molar-refractivity contribution < 1.29 is 8.42 Å². The molecule has 6 nitrogen and oxygen atoms in total. The lowest BCUT2D eigenvalue weighted by Gasteiger charge is -2.41. The van der Waals surface area contributed by atoms with Crippen molar-refractivity contribution in [2.24, 2.45) is 0 Å². The van der Waals surface area contributed by atoms with E-state index in [1.807, 2.05) is 21.1 Å². The van der Waals surface area contributed by atoms with E-state index in [2.05, 4.69) is 10.2 Å². The number of nitrogens with zero attached hydrogens (tertiary/aromatic N) is 3. The number of hydrogen-bond donors (Lipinski definition) is 1. The molecule has 124 valence electrons. The monoisotopic (exact) mass is 318 g/mol. The molecule has 0 aliphatic carbocycles. The van der Waals surface area contributed by atoms with Gasteiger partial charge < -0.3 is 10.2 Å². The summed E-state index contributed by atoms with van der Waals surface area (Å²) in [7, 11) is 2.63. The highest BCUT2D eigenvalue weighted by Gasteiger charge is 2.38. The molecule has 0 spiro atoms. The highest BCUT2D eigenvalue weighted by Crippen LogP contribution is 2.25. The Morgan fingerprint density at radius 3 is 2.57 bits per heavy atom. The Balaban J connectivity index is 2.11. The molecule has 21 heavy (non-hydrogen) atoms. The van der Waals surface area contributed by atoms with Gasteiger partial charge in [0.25, 0.3) is 10.2 Å². The lowest BCUT2D eigenvalue weighted by atomic mass is 10.1. The number of nitrogens with one attached hydrogen (secondary N) is 1. The van der Waals surface area contributed by atoms with E-state index in [4.69, 9.17) is 0 Å². The molecule has 2 aliphatic heterocycles. The summed E-state index contributed by atoms with van der Waals surface area (Å²) in [6.07, 6.45) is 5.10. The molecule has 7 heteroatoms. The average molecular weight is 318 g/mol. The summed E-state index contributed by atoms with van der Waals surface area (Å²) in [4.78, 5) is 2.14. The molecule has 2 heterocycles. The van der Waals surface area contributed by atoms with Crippen LogP contribution in [0, 0.1) is 0 Å². The predicted molar refractivity (Wildman–Crippen MR) is 85.5 cm³/mol. The van der Waals surface area contributed by atoms with E-state index >= 15 is 0 Å². The van der Waals surface area contributed by atoms with Crippen LogP contribution >= 0.6 is 0 Å². The van der Waals surface area contributed by atoms with E-state index in [0.717, 1.165) is 38.6 Å². The molecule has 2 unspecified atom stereocenters. The van der Waals surface area contributed by atoms with E-state index in [-0.39, 0.29) is 6.04 Å². The van der Waals surface area contributed by atoms with Crippen molar-refractivity contribution in [2.75, 3.05) is 47.3 Å². The summed E-state index contributed by atoms with van der Waals surface area (Å²) in [5.41, 5.74) is 0. The van der Waals surface area contributed by atoms with E-state index in [1.165, 1.54) is 0 Å². The second kappa shape index (κ2) is 7.37. The van der Waals surface area contributed by atoms with Crippen molar-refractivity contribution in [1.29, 1.82) is 0 Å². The quantitative estimate of drug-likeness (QED) is 0.794. The fourth-order valence-electron chi connectivity index (χ4n) is 3.42. The average Bonchev–Trinajstić information content (AvgIpc) is 2.48. The third kappa shape index (κ3) is 3.96. The Bertz CT molecular complexity index is 425. The first kappa shape index (κ1) is 17.1. The molecular formula is C14H30N4O2S. The van der Waals surface area contributed by atoms with Crippen LogP contribution in [0.1, 0.15) is 32.1 Å². The molecule has 0 radical (unpaired) electrons. The van der Waals surface area contributed by atoms with E-state index < -0.39 is 10.2 Å². The predicted octanol–water partition coefficient (Wildman–Crippen LogP) is 0.331. The van der Waals surface area contributed by atoms with Crippen LogP contribution in [0.25, 0.3) is 0 Å². The summed E-state index contributed by atoms with van der Waals surface area (Å²) in [5, 5.41) is 3.14. The largest absolute Gasteiger partial charge is 0.318 e. The topological polar surface area (TPSA) is 55.9 Å². The molecular weight excluding hydrogens is 288 g/mol. The minimum Gasteiger partial charge on any atom is -0.318 e. The first-order chi connectivity index (χ1) is 9.96. The van der Waals surface area contributed by atoms with Crippen LogP contribution in [0.4, 0.5) is 0 Å². The highest BCUT2D eigenvalue weighted by atomic mass is 32.2. The van der Waals surface area contributed by atoms with Gasteiger partial charge in [-0.25, -0.2) is 0 Å². The standard InChI is InChI=1S/C14H30N4O2S/c1-15-11-13-7-4-5-10-18(13)21(19,20)17-9-6-8-14(12-17)16(2)3/h13-15H,4-12H2,1-3H3. The highest BCUT2D eigenvalue weighted by molar-refractivity contribution is 7.86. The Labute approximate surface area is 129 Å². The smallest absolute Gasteiger partial charge is 0.282 e. The minimum absolute atomic E-state index is 0.105. The van der Waals surface area contributed by atoms with Gasteiger partial charge in [-0.15, -0.1) is 0 Å². The maximum atomic E-state index is 13.0. The number of likely N-dealkylation sites (N-methyl/N-ethyl adjacent to an activating group) is 2. The van der Waals surface area contributed by atoms with E-state index in [9.17, 15) is 8.42 Å². The van der Waals surface area contributed by atoms with Gasteiger partial charge in [-0.2, -0.15) is 17.0 Å². The zero-order valence-corrected chi connectivity index (χ0v) is 14.4. The Hall–Kier alpha value is -0.210. The van der Waals surface area contributed by atoms with Crippen LogP contribution in [0.2, 0.25) is 0 Å². The summed E-state index contributed by atoms with van der Waals surface area (Å²) >= 11 is 0. The van der Waals surface area contributed by atoms with Gasteiger partial charge in [0.15, 0.2) is 0 Å². The van der Waals surface area contributed by atoms with Crippen molar-refractivity contribution in [2.45, 2.75) is 44.2 Å². The van der Waals surface area contributed by atoms with Crippen LogP contribution in [0.5, 0.6) is 0 Å². The summed E-state index contributed by atoms with van der Waals surface area (Å²) in [5.74, 6) is 0. The van der Waals surface area contributed by atoms with Crippen LogP contribution in [0.3, 0.4) is 0 Å². The summed E-state index contributed by atoms with van der Waals surface area (Å²) in [6, 6.07) is 0.439. The Morgan fingerprint density at radius 1 is 1.14 bits per heavy atom. The van der Waals surface area contributed by atoms with E-state index in [1.54, 1.807) is 8.61 Å². The molecule has 2 saturated heterocycles. The van der Waals surface area contributed by atoms with Crippen molar-refractivity contribution >= 4 is 10.2 Å². The number of piperidine rings is 2. The SMILES string of the molecule is CNCC1CCCCN1S(=O)(=O)N1CCCC(N(C)C)C1. The molecule has 0 aromatic rings. The van der Waals surface area contributed by atoms with Crippen molar-refractivity contribution in [1.82, 2.24) is 18.8 Å². The molecule has 1 N–H and O–H groups in total. The zero-order chi connectivity index (χ0) is 15.5. The summed E-state index contributed by atoms with van der Waals surface area (Å²) in [6.45, 7) is 2.69. The molecule has 0 amide bonds. The normalized spacial score (nSPS) is 29.9. The van der Waals surface area contributed by atoms with Gasteiger partial charge in [0.1, 0.15) is 0 Å². The van der Waals surface area contributed by atoms with Gasteiger partial charge >= 0.3 is 0 Å². The molecule has 0 saturated carbocycles. The fraction of sp³-hybridized carbons (Fsp3) is 1.00. The molecule has 0 bridgehead atoms. The second-order valence-electron chi connectivity index (χ2n) is 6.44. The zero-order valence-electron chi connectivity index (χ0n) is 13.6. The van der Waals surface area contributed by atoms with Crippen LogP contribution < -0.4 is 5.32 Å². The van der Waals surface area contributed by atoms with Gasteiger partial charge in [-0.05, 0) is 46.8 Å². The molecule has 2 atom stereocenters. The first-order valence-corrected chi connectivity index (χ1v) is 9.44. The van der Waals surface area contributed by atoms with Crippen molar-refractivity contribution in [3.05, 3.63) is 0 Å². The van der Waals surface area contributed by atoms with Gasteiger partial charge in [-0.3, -0.25) is 0 Å². The van der Waals surface area contributed by atoms with Gasteiger partial charge in [-0.1, -0.05) is 6.42 Å². The van der Waals surface area contributed by atoms with Crippen LogP contribution in [-0.2, 0) is 10.2 Å². The molecule has 2 aliphatic rings. The Morgan fingerprint density at radius 2 is 1.90 bits per heavy atom.